The van der Waals surface area contributed by atoms with Crippen LogP contribution in [0.3, 0.4) is 0 Å². The van der Waals surface area contributed by atoms with Gasteiger partial charge in [0.2, 0.25) is 0 Å². The summed E-state index contributed by atoms with van der Waals surface area (Å²) < 4.78 is 21.4. The van der Waals surface area contributed by atoms with E-state index in [1.165, 1.54) is 27.9 Å². The van der Waals surface area contributed by atoms with E-state index in [2.05, 4.69) is 17.2 Å². The Hall–Kier alpha value is -4.04. The second kappa shape index (κ2) is 15.8. The molecule has 2 atom stereocenters. The summed E-state index contributed by atoms with van der Waals surface area (Å²) in [5, 5.41) is 2.49. The number of ether oxygens (including phenoxy) is 4. The van der Waals surface area contributed by atoms with Crippen LogP contribution >= 0.6 is 0 Å². The van der Waals surface area contributed by atoms with Crippen LogP contribution in [0.1, 0.15) is 60.2 Å². The lowest BCUT2D eigenvalue weighted by molar-refractivity contribution is -0.174. The molecule has 0 aromatic heterocycles. The number of nitrogens with one attached hydrogen (secondary N) is 1. The standard InChI is InChI=1S/C32H38N2O8/c1-23(35)40-20-19-39-21-26-12-10-24(11-13-26)8-9-25-14-16-27(17-15-25)30(37)34(4)32(2,31(38)33-3)28(36)22-42-29-7-5-6-18-41-29/h10-17,29H,5-7,18-22H2,1-4H3,(H,33,38)/t29?,32-/m1/s1. The summed E-state index contributed by atoms with van der Waals surface area (Å²) in [4.78, 5) is 51.3. The van der Waals surface area contributed by atoms with E-state index in [0.29, 0.717) is 37.4 Å². The van der Waals surface area contributed by atoms with E-state index in [9.17, 15) is 19.2 Å². The van der Waals surface area contributed by atoms with Gasteiger partial charge in [0.15, 0.2) is 17.6 Å². The summed E-state index contributed by atoms with van der Waals surface area (Å²) in [6, 6.07) is 14.2. The first-order valence-corrected chi connectivity index (χ1v) is 13.8. The van der Waals surface area contributed by atoms with Crippen molar-refractivity contribution in [3.63, 3.8) is 0 Å². The van der Waals surface area contributed by atoms with Crippen molar-refractivity contribution in [3.05, 3.63) is 70.8 Å². The predicted octanol–water partition coefficient (Wildman–Crippen LogP) is 2.86. The number of rotatable bonds is 12. The molecule has 0 radical (unpaired) electrons. The van der Waals surface area contributed by atoms with Crippen LogP contribution in [0.4, 0.5) is 0 Å². The topological polar surface area (TPSA) is 120 Å². The van der Waals surface area contributed by atoms with Gasteiger partial charge >= 0.3 is 5.97 Å². The number of benzene rings is 2. The monoisotopic (exact) mass is 578 g/mol. The Labute approximate surface area is 246 Å². The Bertz CT molecular complexity index is 1290. The third-order valence-electron chi connectivity index (χ3n) is 6.96. The lowest BCUT2D eigenvalue weighted by Crippen LogP contribution is -2.62. The fourth-order valence-electron chi connectivity index (χ4n) is 4.22. The average Bonchev–Trinajstić information content (AvgIpc) is 3.02. The van der Waals surface area contributed by atoms with Crippen molar-refractivity contribution >= 4 is 23.6 Å². The third-order valence-corrected chi connectivity index (χ3v) is 6.96. The molecule has 10 nitrogen and oxygen atoms in total. The number of hydrogen-bond donors (Lipinski definition) is 1. The van der Waals surface area contributed by atoms with Crippen LogP contribution in [-0.4, -0.2) is 80.8 Å². The highest BCUT2D eigenvalue weighted by molar-refractivity contribution is 6.14. The van der Waals surface area contributed by atoms with E-state index in [0.717, 1.165) is 28.9 Å². The van der Waals surface area contributed by atoms with Crippen LogP contribution in [0.5, 0.6) is 0 Å². The highest BCUT2D eigenvalue weighted by Crippen LogP contribution is 2.21. The number of likely N-dealkylation sites (N-methyl/N-ethyl adjacent to an activating group) is 2. The van der Waals surface area contributed by atoms with E-state index >= 15 is 0 Å². The summed E-state index contributed by atoms with van der Waals surface area (Å²) in [6.07, 6.45) is 2.06. The molecule has 2 aromatic rings. The minimum absolute atomic E-state index is 0.219. The fourth-order valence-corrected chi connectivity index (χ4v) is 4.22. The molecule has 0 aliphatic carbocycles. The van der Waals surface area contributed by atoms with Gasteiger partial charge in [-0.2, -0.15) is 0 Å². The first-order valence-electron chi connectivity index (χ1n) is 13.8. The normalized spacial score (nSPS) is 15.9. The molecule has 42 heavy (non-hydrogen) atoms. The van der Waals surface area contributed by atoms with Gasteiger partial charge in [0.05, 0.1) is 13.2 Å². The quantitative estimate of drug-likeness (QED) is 0.177. The van der Waals surface area contributed by atoms with E-state index in [-0.39, 0.29) is 19.2 Å². The van der Waals surface area contributed by atoms with Gasteiger partial charge in [0, 0.05) is 44.3 Å². The number of carbonyl (C=O) groups is 4. The molecule has 0 bridgehead atoms. The highest BCUT2D eigenvalue weighted by atomic mass is 16.7. The molecule has 1 fully saturated rings. The second-order valence-electron chi connectivity index (χ2n) is 9.96. The largest absolute Gasteiger partial charge is 0.463 e. The maximum Gasteiger partial charge on any atom is 0.302 e. The van der Waals surface area contributed by atoms with Crippen molar-refractivity contribution < 1.29 is 38.1 Å². The molecule has 1 heterocycles. The van der Waals surface area contributed by atoms with Gasteiger partial charge in [-0.15, -0.1) is 0 Å². The number of esters is 1. The summed E-state index contributed by atoms with van der Waals surface area (Å²) in [5.41, 5.74) is 0.989. The Kier molecular flexibility index (Phi) is 12.2. The number of hydrogen-bond acceptors (Lipinski definition) is 8. The van der Waals surface area contributed by atoms with E-state index < -0.39 is 29.4 Å². The van der Waals surface area contributed by atoms with Crippen LogP contribution in [0.2, 0.25) is 0 Å². The van der Waals surface area contributed by atoms with E-state index in [1.54, 1.807) is 24.3 Å². The van der Waals surface area contributed by atoms with Crippen molar-refractivity contribution in [2.45, 2.75) is 51.5 Å². The van der Waals surface area contributed by atoms with Crippen LogP contribution in [-0.2, 0) is 39.9 Å². The second-order valence-corrected chi connectivity index (χ2v) is 9.96. The summed E-state index contributed by atoms with van der Waals surface area (Å²) in [5.74, 6) is 4.17. The maximum absolute atomic E-state index is 13.3. The summed E-state index contributed by atoms with van der Waals surface area (Å²) in [6.45, 7) is 3.91. The molecule has 3 rings (SSSR count). The molecular formula is C32H38N2O8. The van der Waals surface area contributed by atoms with Gasteiger partial charge in [-0.3, -0.25) is 19.2 Å². The zero-order valence-electron chi connectivity index (χ0n) is 24.6. The van der Waals surface area contributed by atoms with E-state index in [1.807, 2.05) is 24.3 Å². The fraction of sp³-hybridized carbons (Fsp3) is 0.438. The SMILES string of the molecule is CNC(=O)[C@@](C)(C(=O)COC1CCCCO1)N(C)C(=O)c1ccc(C#Cc2ccc(COCCOC(C)=O)cc2)cc1. The molecule has 224 valence electrons. The molecule has 2 amide bonds. The molecule has 10 heteroatoms. The Morgan fingerprint density at radius 1 is 1.00 bits per heavy atom. The summed E-state index contributed by atoms with van der Waals surface area (Å²) >= 11 is 0. The number of ketones is 1. The van der Waals surface area contributed by atoms with Gasteiger partial charge in [-0.25, -0.2) is 0 Å². The molecule has 1 aliphatic rings. The molecule has 1 unspecified atom stereocenters. The van der Waals surface area contributed by atoms with Crippen LogP contribution < -0.4 is 5.32 Å². The van der Waals surface area contributed by atoms with Crippen LogP contribution in [0.25, 0.3) is 0 Å². The number of Topliss-reactive ketones (excluding diaryl/α,β-unsaturated/α-hetero) is 1. The van der Waals surface area contributed by atoms with Gasteiger partial charge in [0.25, 0.3) is 11.8 Å². The van der Waals surface area contributed by atoms with Gasteiger partial charge in [-0.05, 0) is 68.1 Å². The molecule has 1 aliphatic heterocycles. The molecule has 2 aromatic carbocycles. The Balaban J connectivity index is 1.61. The van der Waals surface area contributed by atoms with Gasteiger partial charge in [0.1, 0.15) is 13.2 Å². The van der Waals surface area contributed by atoms with Crippen molar-refractivity contribution in [2.75, 3.05) is 40.5 Å². The van der Waals surface area contributed by atoms with Crippen molar-refractivity contribution in [3.8, 4) is 11.8 Å². The number of nitrogens with zero attached hydrogens (tertiary/aromatic N) is 1. The molecular weight excluding hydrogens is 540 g/mol. The van der Waals surface area contributed by atoms with Gasteiger partial charge in [-0.1, -0.05) is 24.0 Å². The third kappa shape index (κ3) is 8.98. The molecule has 0 saturated carbocycles. The average molecular weight is 579 g/mol. The van der Waals surface area contributed by atoms with Crippen molar-refractivity contribution in [1.82, 2.24) is 10.2 Å². The number of amides is 2. The Morgan fingerprint density at radius 2 is 1.64 bits per heavy atom. The molecule has 0 spiro atoms. The lowest BCUT2D eigenvalue weighted by atomic mass is 9.92. The minimum atomic E-state index is -1.78. The highest BCUT2D eigenvalue weighted by Gasteiger charge is 2.46. The smallest absolute Gasteiger partial charge is 0.302 e. The minimum Gasteiger partial charge on any atom is -0.463 e. The Morgan fingerprint density at radius 3 is 2.21 bits per heavy atom. The number of carbonyl (C=O) groups excluding carboxylic acids is 4. The zero-order chi connectivity index (χ0) is 30.5. The van der Waals surface area contributed by atoms with Crippen molar-refractivity contribution in [1.29, 1.82) is 0 Å². The summed E-state index contributed by atoms with van der Waals surface area (Å²) in [7, 11) is 2.84. The maximum atomic E-state index is 13.3. The van der Waals surface area contributed by atoms with Crippen LogP contribution in [0, 0.1) is 11.8 Å². The van der Waals surface area contributed by atoms with Crippen LogP contribution in [0.15, 0.2) is 48.5 Å². The van der Waals surface area contributed by atoms with Gasteiger partial charge < -0.3 is 29.2 Å². The molecule has 1 N–H and O–H groups in total. The first kappa shape index (κ1) is 32.5. The molecule has 1 saturated heterocycles. The zero-order valence-corrected chi connectivity index (χ0v) is 24.6. The first-order chi connectivity index (χ1) is 20.1. The predicted molar refractivity (Wildman–Crippen MR) is 154 cm³/mol. The van der Waals surface area contributed by atoms with E-state index in [4.69, 9.17) is 18.9 Å². The lowest BCUT2D eigenvalue weighted by Gasteiger charge is -2.36. The van der Waals surface area contributed by atoms with Crippen molar-refractivity contribution in [2.24, 2.45) is 0 Å².